The van der Waals surface area contributed by atoms with Gasteiger partial charge in [-0.1, -0.05) is 140 Å². The molecular formula is C58H34N4S. The summed E-state index contributed by atoms with van der Waals surface area (Å²) in [4.78, 5) is 12.0. The van der Waals surface area contributed by atoms with E-state index in [2.05, 4.69) is 215 Å². The molecule has 4 nitrogen and oxygen atoms in total. The second-order valence-electron chi connectivity index (χ2n) is 16.5. The van der Waals surface area contributed by atoms with Crippen LogP contribution in [0.2, 0.25) is 0 Å². The van der Waals surface area contributed by atoms with Gasteiger partial charge in [0, 0.05) is 53.8 Å². The molecule has 0 N–H and O–H groups in total. The summed E-state index contributed by atoms with van der Waals surface area (Å²) in [5.41, 5.74) is 14.5. The summed E-state index contributed by atoms with van der Waals surface area (Å²) < 4.78 is 5.97. The van der Waals surface area contributed by atoms with Gasteiger partial charge in [0.15, 0.2) is 0 Å². The van der Waals surface area contributed by atoms with Crippen LogP contribution in [0.3, 0.4) is 0 Å². The van der Waals surface area contributed by atoms with E-state index in [0.29, 0.717) is 0 Å². The van der Waals surface area contributed by atoms with Crippen LogP contribution >= 0.6 is 11.3 Å². The van der Waals surface area contributed by atoms with Gasteiger partial charge in [0.2, 0.25) is 0 Å². The maximum absolute atomic E-state index is 5.55. The van der Waals surface area contributed by atoms with E-state index < -0.39 is 0 Å². The third-order valence-corrected chi connectivity index (χ3v) is 14.1. The van der Waals surface area contributed by atoms with Gasteiger partial charge < -0.3 is 9.13 Å². The van der Waals surface area contributed by atoms with Crippen LogP contribution in [0.15, 0.2) is 206 Å². The van der Waals surface area contributed by atoms with Crippen molar-refractivity contribution in [3.8, 4) is 33.6 Å². The first-order chi connectivity index (χ1) is 31.2. The molecule has 0 saturated carbocycles. The van der Waals surface area contributed by atoms with Gasteiger partial charge in [-0.3, -0.25) is 0 Å². The molecule has 292 valence electrons. The summed E-state index contributed by atoms with van der Waals surface area (Å²) in [5, 5.41) is 10.7. The van der Waals surface area contributed by atoms with Crippen molar-refractivity contribution in [3.63, 3.8) is 0 Å². The Bertz CT molecular complexity index is 4120. The van der Waals surface area contributed by atoms with Gasteiger partial charge in [0.25, 0.3) is 0 Å². The first-order valence-corrected chi connectivity index (χ1v) is 22.2. The lowest BCUT2D eigenvalue weighted by Crippen LogP contribution is -1.95. The molecule has 63 heavy (non-hydrogen) atoms. The van der Waals surface area contributed by atoms with Crippen molar-refractivity contribution in [3.05, 3.63) is 206 Å². The van der Waals surface area contributed by atoms with E-state index in [1.807, 2.05) is 0 Å². The molecule has 0 aliphatic carbocycles. The van der Waals surface area contributed by atoms with Crippen LogP contribution in [0.5, 0.6) is 0 Å². The van der Waals surface area contributed by atoms with Crippen molar-refractivity contribution in [1.29, 1.82) is 0 Å². The van der Waals surface area contributed by atoms with Crippen LogP contribution in [-0.2, 0) is 0 Å². The molecule has 0 radical (unpaired) electrons. The van der Waals surface area contributed by atoms with Crippen LogP contribution in [0, 0.1) is 0 Å². The standard InChI is InChI=1S/C58H34N4S/c1-6-22-50-43(17-1)44-18-2-7-23-51(44)61(50)39-15-11-13-35(31-39)37-27-29-41-42-30-28-38(34-49(42)56-55(48(41)33-37)59-57-47-21-5-10-26-54(47)63-58(57)60-56)36-14-12-16-40(32-36)62-52-24-8-3-19-45(52)46-20-4-9-25-53(46)62/h1-34H. The molecule has 0 atom stereocenters. The minimum atomic E-state index is 0.921. The average Bonchev–Trinajstić information content (AvgIpc) is 4.01. The summed E-state index contributed by atoms with van der Waals surface area (Å²) in [6, 6.07) is 75.0. The highest BCUT2D eigenvalue weighted by atomic mass is 32.1. The fourth-order valence-corrected chi connectivity index (χ4v) is 11.3. The number of fused-ring (bicyclic) bond motifs is 15. The van der Waals surface area contributed by atoms with Crippen molar-refractivity contribution in [1.82, 2.24) is 19.1 Å². The Hall–Kier alpha value is -8.12. The topological polar surface area (TPSA) is 35.6 Å². The van der Waals surface area contributed by atoms with E-state index in [-0.39, 0.29) is 0 Å². The van der Waals surface area contributed by atoms with Crippen LogP contribution < -0.4 is 0 Å². The lowest BCUT2D eigenvalue weighted by Gasteiger charge is -2.14. The predicted molar refractivity (Wildman–Crippen MR) is 267 cm³/mol. The van der Waals surface area contributed by atoms with Gasteiger partial charge in [0.1, 0.15) is 10.3 Å². The minimum absolute atomic E-state index is 0.921. The molecule has 0 bridgehead atoms. The third kappa shape index (κ3) is 5.08. The van der Waals surface area contributed by atoms with E-state index in [4.69, 9.17) is 9.97 Å². The van der Waals surface area contributed by atoms with Crippen LogP contribution in [0.1, 0.15) is 0 Å². The van der Waals surface area contributed by atoms with Crippen molar-refractivity contribution in [2.24, 2.45) is 0 Å². The number of benzene rings is 10. The number of hydrogen-bond acceptors (Lipinski definition) is 3. The zero-order valence-electron chi connectivity index (χ0n) is 33.8. The quantitative estimate of drug-likeness (QED) is 0.166. The molecular weight excluding hydrogens is 785 g/mol. The molecule has 14 aromatic rings. The molecule has 0 amide bonds. The smallest absolute Gasteiger partial charge is 0.143 e. The summed E-state index contributed by atoms with van der Waals surface area (Å²) in [6.45, 7) is 0. The SMILES string of the molecule is c1cc(-c2ccc3c4ccc(-c5cccc(-n6c7ccccc7c7ccccc76)c5)cc4c4nc5c(nc4c3c2)sc2ccccc25)cc(-n2c3ccccc3c3ccccc32)c1. The fraction of sp³-hybridized carbons (Fsp3) is 0. The molecule has 4 heterocycles. The lowest BCUT2D eigenvalue weighted by atomic mass is 9.93. The number of rotatable bonds is 4. The fourth-order valence-electron chi connectivity index (χ4n) is 10.3. The normalized spacial score (nSPS) is 12.1. The van der Waals surface area contributed by atoms with Gasteiger partial charge in [-0.2, -0.15) is 0 Å². The van der Waals surface area contributed by atoms with Gasteiger partial charge in [-0.25, -0.2) is 9.97 Å². The molecule has 5 heteroatoms. The monoisotopic (exact) mass is 818 g/mol. The molecule has 0 aliphatic heterocycles. The van der Waals surface area contributed by atoms with Crippen LogP contribution in [0.4, 0.5) is 0 Å². The Morgan fingerprint density at radius 1 is 0.286 bits per heavy atom. The van der Waals surface area contributed by atoms with Crippen LogP contribution in [0.25, 0.3) is 130 Å². The highest BCUT2D eigenvalue weighted by Crippen LogP contribution is 2.42. The second kappa shape index (κ2) is 13.2. The third-order valence-electron chi connectivity index (χ3n) is 13.1. The average molecular weight is 819 g/mol. The predicted octanol–water partition coefficient (Wildman–Crippen LogP) is 15.8. The lowest BCUT2D eigenvalue weighted by molar-refractivity contribution is 1.18. The zero-order valence-corrected chi connectivity index (χ0v) is 34.6. The number of para-hydroxylation sites is 4. The number of aromatic nitrogens is 4. The Kier molecular flexibility index (Phi) is 7.24. The van der Waals surface area contributed by atoms with Gasteiger partial charge in [0.05, 0.1) is 33.1 Å². The minimum Gasteiger partial charge on any atom is -0.309 e. The van der Waals surface area contributed by atoms with Crippen molar-refractivity contribution in [2.75, 3.05) is 0 Å². The van der Waals surface area contributed by atoms with Crippen molar-refractivity contribution >= 4 is 108 Å². The van der Waals surface area contributed by atoms with Crippen LogP contribution in [-0.4, -0.2) is 19.1 Å². The van der Waals surface area contributed by atoms with Gasteiger partial charge >= 0.3 is 0 Å². The molecule has 14 rings (SSSR count). The van der Waals surface area contributed by atoms with E-state index >= 15 is 0 Å². The van der Waals surface area contributed by atoms with E-state index in [1.165, 1.54) is 59.1 Å². The number of hydrogen-bond donors (Lipinski definition) is 0. The summed E-state index contributed by atoms with van der Waals surface area (Å²) in [5.74, 6) is 0. The molecule has 4 aromatic heterocycles. The number of thiophene rings is 1. The van der Waals surface area contributed by atoms with Gasteiger partial charge in [-0.15, -0.1) is 11.3 Å². The maximum Gasteiger partial charge on any atom is 0.143 e. The summed E-state index contributed by atoms with van der Waals surface area (Å²) in [7, 11) is 0. The molecule has 0 fully saturated rings. The second-order valence-corrected chi connectivity index (χ2v) is 17.6. The summed E-state index contributed by atoms with van der Waals surface area (Å²) in [6.07, 6.45) is 0. The highest BCUT2D eigenvalue weighted by Gasteiger charge is 2.19. The molecule has 0 saturated heterocycles. The highest BCUT2D eigenvalue weighted by molar-refractivity contribution is 7.25. The summed E-state index contributed by atoms with van der Waals surface area (Å²) >= 11 is 1.72. The first-order valence-electron chi connectivity index (χ1n) is 21.4. The molecule has 0 spiro atoms. The van der Waals surface area contributed by atoms with Crippen molar-refractivity contribution in [2.45, 2.75) is 0 Å². The van der Waals surface area contributed by atoms with Gasteiger partial charge in [-0.05, 0) is 99.8 Å². The molecule has 0 unspecified atom stereocenters. The zero-order chi connectivity index (χ0) is 41.2. The van der Waals surface area contributed by atoms with Crippen molar-refractivity contribution < 1.29 is 0 Å². The Morgan fingerprint density at radius 2 is 0.698 bits per heavy atom. The Labute approximate surface area is 365 Å². The van der Waals surface area contributed by atoms with E-state index in [0.717, 1.165) is 71.2 Å². The Balaban J connectivity index is 0.976. The largest absolute Gasteiger partial charge is 0.309 e. The molecule has 0 aliphatic rings. The first kappa shape index (κ1) is 34.6. The van der Waals surface area contributed by atoms with E-state index in [9.17, 15) is 0 Å². The molecule has 10 aromatic carbocycles. The van der Waals surface area contributed by atoms with E-state index in [1.54, 1.807) is 11.3 Å². The Morgan fingerprint density at radius 3 is 1.19 bits per heavy atom. The number of nitrogens with zero attached hydrogens (tertiary/aromatic N) is 4. The maximum atomic E-state index is 5.55.